The minimum atomic E-state index is -0.0941. The fraction of sp³-hybridized carbons (Fsp3) is 0.0465. The molecule has 9 rings (SSSR count). The zero-order valence-corrected chi connectivity index (χ0v) is 25.1. The Bertz CT molecular complexity index is 2480. The molecule has 0 spiro atoms. The maximum Gasteiger partial charge on any atom is 0.0975 e. The number of para-hydroxylation sites is 5. The van der Waals surface area contributed by atoms with E-state index in [1.54, 1.807) is 0 Å². The molecule has 0 aliphatic heterocycles. The molecule has 3 heteroatoms. The van der Waals surface area contributed by atoms with Crippen molar-refractivity contribution in [1.82, 2.24) is 9.13 Å². The van der Waals surface area contributed by atoms with Gasteiger partial charge in [-0.15, -0.1) is 0 Å². The lowest BCUT2D eigenvalue weighted by Crippen LogP contribution is -2.14. The van der Waals surface area contributed by atoms with Crippen LogP contribution in [0.3, 0.4) is 0 Å². The van der Waals surface area contributed by atoms with Crippen molar-refractivity contribution in [3.05, 3.63) is 169 Å². The summed E-state index contributed by atoms with van der Waals surface area (Å²) in [6, 6.07) is 54.2. The Morgan fingerprint density at radius 2 is 1.07 bits per heavy atom. The first-order chi connectivity index (χ1) is 22.8. The van der Waals surface area contributed by atoms with Gasteiger partial charge in [0.05, 0.1) is 34.4 Å². The second-order valence-corrected chi connectivity index (χ2v) is 12.0. The zero-order valence-electron chi connectivity index (χ0n) is 25.1. The number of nitriles is 1. The lowest BCUT2D eigenvalue weighted by molar-refractivity contribution is 0.629. The third-order valence-electron chi connectivity index (χ3n) is 9.53. The number of hydrogen-bond donors (Lipinski definition) is 0. The molecule has 1 unspecified atom stereocenters. The lowest BCUT2D eigenvalue weighted by atomic mass is 9.88. The molecule has 6 aromatic carbocycles. The van der Waals surface area contributed by atoms with Crippen LogP contribution >= 0.6 is 0 Å². The number of nitrogens with zero attached hydrogens (tertiary/aromatic N) is 3. The molecule has 0 N–H and O–H groups in total. The highest BCUT2D eigenvalue weighted by Crippen LogP contribution is 2.42. The smallest absolute Gasteiger partial charge is 0.0975 e. The maximum atomic E-state index is 10.7. The number of fused-ring (bicyclic) bond motifs is 6. The van der Waals surface area contributed by atoms with Gasteiger partial charge in [0, 0.05) is 38.1 Å². The van der Waals surface area contributed by atoms with E-state index in [1.165, 1.54) is 32.6 Å². The summed E-state index contributed by atoms with van der Waals surface area (Å²) < 4.78 is 4.75. The van der Waals surface area contributed by atoms with E-state index in [0.29, 0.717) is 0 Å². The van der Waals surface area contributed by atoms with Gasteiger partial charge in [0.2, 0.25) is 0 Å². The quantitative estimate of drug-likeness (QED) is 0.202. The van der Waals surface area contributed by atoms with E-state index < -0.39 is 0 Å². The molecule has 46 heavy (non-hydrogen) atoms. The van der Waals surface area contributed by atoms with Crippen molar-refractivity contribution in [2.45, 2.75) is 12.5 Å². The van der Waals surface area contributed by atoms with E-state index in [0.717, 1.165) is 51.0 Å². The monoisotopic (exact) mass is 587 g/mol. The Kier molecular flexibility index (Phi) is 6.01. The summed E-state index contributed by atoms with van der Waals surface area (Å²) in [5, 5.41) is 15.7. The van der Waals surface area contributed by atoms with Crippen molar-refractivity contribution in [3.63, 3.8) is 0 Å². The molecule has 0 amide bonds. The average molecular weight is 588 g/mol. The first kappa shape index (κ1) is 26.3. The highest BCUT2D eigenvalue weighted by atomic mass is 15.0. The van der Waals surface area contributed by atoms with Crippen LogP contribution in [-0.4, -0.2) is 9.13 Å². The second-order valence-electron chi connectivity index (χ2n) is 12.0. The van der Waals surface area contributed by atoms with E-state index in [2.05, 4.69) is 173 Å². The topological polar surface area (TPSA) is 33.6 Å². The number of benzene rings is 6. The Morgan fingerprint density at radius 3 is 1.70 bits per heavy atom. The molecular formula is C43H29N3. The van der Waals surface area contributed by atoms with Crippen molar-refractivity contribution < 1.29 is 0 Å². The summed E-state index contributed by atoms with van der Waals surface area (Å²) in [6.07, 6.45) is 5.13. The van der Waals surface area contributed by atoms with Crippen LogP contribution in [0.5, 0.6) is 0 Å². The van der Waals surface area contributed by atoms with Gasteiger partial charge >= 0.3 is 0 Å². The molecule has 0 saturated carbocycles. The second kappa shape index (κ2) is 10.5. The van der Waals surface area contributed by atoms with Crippen LogP contribution in [0, 0.1) is 11.3 Å². The first-order valence-corrected chi connectivity index (χ1v) is 15.8. The van der Waals surface area contributed by atoms with Crippen molar-refractivity contribution >= 4 is 49.2 Å². The maximum absolute atomic E-state index is 10.7. The molecule has 2 heterocycles. The van der Waals surface area contributed by atoms with Crippen LogP contribution in [0.1, 0.15) is 18.0 Å². The summed E-state index contributed by atoms with van der Waals surface area (Å²) >= 11 is 0. The predicted octanol–water partition coefficient (Wildman–Crippen LogP) is 11.0. The highest BCUT2D eigenvalue weighted by Gasteiger charge is 2.26. The molecule has 216 valence electrons. The molecule has 1 atom stereocenters. The molecule has 2 aromatic heterocycles. The minimum absolute atomic E-state index is 0.0941. The summed E-state index contributed by atoms with van der Waals surface area (Å²) in [4.78, 5) is 0. The highest BCUT2D eigenvalue weighted by molar-refractivity contribution is 6.10. The van der Waals surface area contributed by atoms with Gasteiger partial charge in [-0.3, -0.25) is 0 Å². The predicted molar refractivity (Wildman–Crippen MR) is 191 cm³/mol. The van der Waals surface area contributed by atoms with Crippen LogP contribution in [-0.2, 0) is 0 Å². The Balaban J connectivity index is 1.22. The Hall–Kier alpha value is -6.11. The van der Waals surface area contributed by atoms with Crippen LogP contribution in [0.25, 0.3) is 66.0 Å². The van der Waals surface area contributed by atoms with E-state index in [1.807, 2.05) is 0 Å². The average Bonchev–Trinajstić information content (AvgIpc) is 3.64. The number of allylic oxidation sites excluding steroid dienone is 4. The largest absolute Gasteiger partial charge is 0.332 e. The molecule has 0 bridgehead atoms. The Labute approximate surface area is 267 Å². The van der Waals surface area contributed by atoms with Crippen LogP contribution in [0.15, 0.2) is 163 Å². The Morgan fingerprint density at radius 1 is 0.543 bits per heavy atom. The van der Waals surface area contributed by atoms with E-state index in [-0.39, 0.29) is 6.04 Å². The van der Waals surface area contributed by atoms with Gasteiger partial charge in [-0.1, -0.05) is 121 Å². The van der Waals surface area contributed by atoms with Crippen molar-refractivity contribution in [2.24, 2.45) is 0 Å². The van der Waals surface area contributed by atoms with E-state index in [4.69, 9.17) is 0 Å². The minimum Gasteiger partial charge on any atom is -0.332 e. The number of hydrogen-bond acceptors (Lipinski definition) is 1. The third kappa shape index (κ3) is 3.91. The van der Waals surface area contributed by atoms with Crippen molar-refractivity contribution in [2.75, 3.05) is 0 Å². The first-order valence-electron chi connectivity index (χ1n) is 15.8. The van der Waals surface area contributed by atoms with Crippen molar-refractivity contribution in [3.8, 4) is 22.9 Å². The SMILES string of the molecule is N#CC1=C(c2cccc(-c3ccccc3-n3c4ccccc4c4ccccc43)c2)C=CCC1n1c2ccccc2c2ccccc21. The number of rotatable bonds is 4. The molecule has 8 aromatic rings. The van der Waals surface area contributed by atoms with Gasteiger partial charge in [0.1, 0.15) is 0 Å². The third-order valence-corrected chi connectivity index (χ3v) is 9.53. The van der Waals surface area contributed by atoms with E-state index in [9.17, 15) is 5.26 Å². The molecule has 0 saturated heterocycles. The fourth-order valence-electron chi connectivity index (χ4n) is 7.56. The van der Waals surface area contributed by atoms with Gasteiger partial charge in [0.15, 0.2) is 0 Å². The summed E-state index contributed by atoms with van der Waals surface area (Å²) in [7, 11) is 0. The lowest BCUT2D eigenvalue weighted by Gasteiger charge is -2.25. The van der Waals surface area contributed by atoms with Gasteiger partial charge in [-0.2, -0.15) is 5.26 Å². The van der Waals surface area contributed by atoms with Gasteiger partial charge < -0.3 is 9.13 Å². The summed E-state index contributed by atoms with van der Waals surface area (Å²) in [6.45, 7) is 0. The molecule has 0 radical (unpaired) electrons. The fourth-order valence-corrected chi connectivity index (χ4v) is 7.56. The van der Waals surface area contributed by atoms with Crippen LogP contribution in [0.2, 0.25) is 0 Å². The standard InChI is InChI=1S/C43H29N3/c44-28-37-31(20-12-26-43(37)46-41-24-9-4-18-35(41)36-19-5-10-25-42(36)46)29-13-11-14-30(27-29)32-15-1-6-21-38(32)45-39-22-7-2-16-33(39)34-17-3-8-23-40(34)45/h1-25,27,43H,26H2. The van der Waals surface area contributed by atoms with Gasteiger partial charge in [-0.05, 0) is 59.5 Å². The van der Waals surface area contributed by atoms with Crippen LogP contribution in [0.4, 0.5) is 0 Å². The molecular weight excluding hydrogens is 558 g/mol. The van der Waals surface area contributed by atoms with Crippen molar-refractivity contribution in [1.29, 1.82) is 5.26 Å². The summed E-state index contributed by atoms with van der Waals surface area (Å²) in [5.74, 6) is 0. The zero-order chi connectivity index (χ0) is 30.6. The normalized spacial score (nSPS) is 14.9. The van der Waals surface area contributed by atoms with E-state index >= 15 is 0 Å². The van der Waals surface area contributed by atoms with Crippen LogP contribution < -0.4 is 0 Å². The molecule has 1 aliphatic rings. The number of aromatic nitrogens is 2. The summed E-state index contributed by atoms with van der Waals surface area (Å²) in [5.41, 5.74) is 10.9. The molecule has 0 fully saturated rings. The molecule has 3 nitrogen and oxygen atoms in total. The molecule has 1 aliphatic carbocycles. The van der Waals surface area contributed by atoms with Gasteiger partial charge in [0.25, 0.3) is 0 Å². The van der Waals surface area contributed by atoms with Gasteiger partial charge in [-0.25, -0.2) is 0 Å².